The van der Waals surface area contributed by atoms with Crippen molar-refractivity contribution >= 4 is 29.8 Å². The van der Waals surface area contributed by atoms with Gasteiger partial charge in [-0.05, 0) is 101 Å². The molecule has 3 fully saturated rings. The lowest BCUT2D eigenvalue weighted by atomic mass is 9.82. The summed E-state index contributed by atoms with van der Waals surface area (Å²) in [6, 6.07) is 3.58. The van der Waals surface area contributed by atoms with E-state index in [2.05, 4.69) is 36.8 Å². The lowest BCUT2D eigenvalue weighted by Crippen LogP contribution is -2.63. The number of hydrogen-bond acceptors (Lipinski definition) is 12. The molecule has 0 aliphatic carbocycles. The van der Waals surface area contributed by atoms with Gasteiger partial charge in [-0.1, -0.05) is 24.0 Å². The summed E-state index contributed by atoms with van der Waals surface area (Å²) in [6.45, 7) is 1.75. The number of aliphatic hydroxyl groups excluding tert-OH is 1. The van der Waals surface area contributed by atoms with Crippen molar-refractivity contribution in [3.05, 3.63) is 101 Å². The first-order valence-electron chi connectivity index (χ1n) is 25.4. The Morgan fingerprint density at radius 3 is 1.90 bits per heavy atom. The number of aromatic nitrogens is 3. The molecule has 0 spiro atoms. The van der Waals surface area contributed by atoms with Gasteiger partial charge in [0, 0.05) is 72.9 Å². The van der Waals surface area contributed by atoms with Crippen molar-refractivity contribution < 1.29 is 82.8 Å². The topological polar surface area (TPSA) is 216 Å². The fraction of sp³-hybridized carbons (Fsp3) is 0.509. The molecule has 3 saturated heterocycles. The van der Waals surface area contributed by atoms with Gasteiger partial charge in [0.15, 0.2) is 0 Å². The number of anilines is 1. The molecule has 2 aromatic carbocycles. The summed E-state index contributed by atoms with van der Waals surface area (Å²) in [6.07, 6.45) is -11.2. The fourth-order valence-electron chi connectivity index (χ4n) is 9.94. The summed E-state index contributed by atoms with van der Waals surface area (Å²) in [5.41, 5.74) is -3.53. The zero-order valence-corrected chi connectivity index (χ0v) is 44.6. The van der Waals surface area contributed by atoms with E-state index >= 15 is 8.78 Å². The molecule has 5 heterocycles. The molecule has 4 aromatic rings. The van der Waals surface area contributed by atoms with Crippen LogP contribution in [0.25, 0.3) is 11.1 Å². The summed E-state index contributed by atoms with van der Waals surface area (Å²) < 4.78 is 156. The Labute approximate surface area is 458 Å². The maximum Gasteiger partial charge on any atom is 0.407 e. The number of ether oxygens (including phenoxy) is 2. The van der Waals surface area contributed by atoms with E-state index < -0.39 is 115 Å². The lowest BCUT2D eigenvalue weighted by molar-refractivity contribution is -0.221. The molecule has 6 unspecified atom stereocenters. The average Bonchev–Trinajstić information content (AvgIpc) is 4.16. The van der Waals surface area contributed by atoms with Gasteiger partial charge in [0.1, 0.15) is 29.5 Å². The van der Waals surface area contributed by atoms with Gasteiger partial charge >= 0.3 is 31.1 Å². The normalized spacial score (nSPS) is 18.5. The van der Waals surface area contributed by atoms with Crippen molar-refractivity contribution in [2.75, 3.05) is 44.9 Å². The summed E-state index contributed by atoms with van der Waals surface area (Å²) in [5.74, 6) is 0.751. The number of hydrogen-bond donors (Lipinski definition) is 6. The molecular formula is C53H60F10N10O8. The van der Waals surface area contributed by atoms with E-state index in [0.717, 1.165) is 70.0 Å². The molecule has 3 aliphatic heterocycles. The van der Waals surface area contributed by atoms with E-state index in [0.29, 0.717) is 74.1 Å². The van der Waals surface area contributed by atoms with Crippen molar-refractivity contribution in [3.8, 4) is 23.0 Å². The minimum absolute atomic E-state index is 0.186. The molecule has 2 aromatic heterocycles. The van der Waals surface area contributed by atoms with E-state index in [4.69, 9.17) is 9.72 Å². The average molecular weight is 1160 g/mol. The number of piperazine rings is 1. The number of alkyl halides is 8. The minimum Gasteiger partial charge on any atom is -0.465 e. The maximum atomic E-state index is 16.0. The third-order valence-corrected chi connectivity index (χ3v) is 14.9. The number of halogens is 10. The zero-order valence-electron chi connectivity index (χ0n) is 44.6. The third-order valence-electron chi connectivity index (χ3n) is 14.9. The Bertz CT molecular complexity index is 2960. The predicted molar refractivity (Wildman–Crippen MR) is 270 cm³/mol. The fourth-order valence-corrected chi connectivity index (χ4v) is 9.94. The Morgan fingerprint density at radius 1 is 0.815 bits per heavy atom. The first-order valence-corrected chi connectivity index (χ1v) is 25.4. The molecule has 7 rings (SSSR count). The number of rotatable bonds is 19. The number of hydrazine groups is 1. The number of pyridine rings is 1. The molecule has 440 valence electrons. The monoisotopic (exact) mass is 1150 g/mol. The highest BCUT2D eigenvalue weighted by Crippen LogP contribution is 2.42. The van der Waals surface area contributed by atoms with E-state index in [1.54, 1.807) is 6.20 Å². The molecule has 28 heteroatoms. The van der Waals surface area contributed by atoms with Gasteiger partial charge in [0.25, 0.3) is 5.91 Å². The van der Waals surface area contributed by atoms with Crippen LogP contribution in [0.2, 0.25) is 0 Å². The van der Waals surface area contributed by atoms with Gasteiger partial charge in [-0.2, -0.15) is 40.2 Å². The standard InChI is InChI=1S/C53H60F10N10O8/c1-28-15-31(19-64-44(28)70-22-34-13-14-35(23-70)73(34)36-26-81-27-36)12-9-29-7-10-30(11-8-29)16-40(66-45(75)42(68-49(79)80-6)50(2,3)52(58,59)60)41(74)25-71(69-46(76)43(67-48(77)78)51(4,5)53(61,62)63)24-37-38(54)17-32(18-39(37)55)33-20-65-72(21-33)47(56)57/h7-8,10-11,15,17-21,34-36,40-43,47,67,74H,13-14,16,22-27H2,1-6H3,(H,66,75)(H,68,79)(H,69,76)(H,77,78). The van der Waals surface area contributed by atoms with Gasteiger partial charge in [-0.3, -0.25) is 19.9 Å². The van der Waals surface area contributed by atoms with Gasteiger partial charge in [-0.15, -0.1) is 0 Å². The molecule has 2 bridgehead atoms. The second-order valence-electron chi connectivity index (χ2n) is 21.3. The first-order chi connectivity index (χ1) is 37.9. The second kappa shape index (κ2) is 24.5. The number of fused-ring (bicyclic) bond motifs is 2. The molecule has 6 N–H and O–H groups in total. The molecule has 6 atom stereocenters. The molecular weight excluding hydrogens is 1090 g/mol. The van der Waals surface area contributed by atoms with Crippen LogP contribution in [0.3, 0.4) is 0 Å². The van der Waals surface area contributed by atoms with Crippen molar-refractivity contribution in [1.29, 1.82) is 0 Å². The number of aryl methyl sites for hydroxylation is 1. The van der Waals surface area contributed by atoms with Crippen LogP contribution in [0.4, 0.5) is 59.3 Å². The van der Waals surface area contributed by atoms with Crippen molar-refractivity contribution in [1.82, 2.24) is 46.0 Å². The maximum absolute atomic E-state index is 16.0. The van der Waals surface area contributed by atoms with Crippen LogP contribution in [0.1, 0.15) is 74.9 Å². The van der Waals surface area contributed by atoms with Crippen LogP contribution < -0.4 is 26.3 Å². The number of aliphatic hydroxyl groups is 1. The number of amides is 4. The Hall–Kier alpha value is -7.22. The van der Waals surface area contributed by atoms with Gasteiger partial charge in [0.05, 0.1) is 55.5 Å². The van der Waals surface area contributed by atoms with Crippen LogP contribution >= 0.6 is 0 Å². The number of benzene rings is 2. The van der Waals surface area contributed by atoms with Crippen molar-refractivity contribution in [3.63, 3.8) is 0 Å². The van der Waals surface area contributed by atoms with Gasteiger partial charge < -0.3 is 40.5 Å². The van der Waals surface area contributed by atoms with E-state index in [9.17, 15) is 64.5 Å². The highest BCUT2D eigenvalue weighted by atomic mass is 19.4. The summed E-state index contributed by atoms with van der Waals surface area (Å²) >= 11 is 0. The quantitative estimate of drug-likeness (QED) is 0.0323. The van der Waals surface area contributed by atoms with E-state index in [1.807, 2.05) is 23.7 Å². The zero-order chi connectivity index (χ0) is 59.5. The number of carbonyl (C=O) groups is 4. The van der Waals surface area contributed by atoms with Gasteiger partial charge in [0.2, 0.25) is 5.91 Å². The Balaban J connectivity index is 1.19. The highest BCUT2D eigenvalue weighted by molar-refractivity contribution is 5.87. The third kappa shape index (κ3) is 14.1. The smallest absolute Gasteiger partial charge is 0.407 e. The Kier molecular flexibility index (Phi) is 18.6. The van der Waals surface area contributed by atoms with E-state index in [-0.39, 0.29) is 21.4 Å². The van der Waals surface area contributed by atoms with E-state index in [1.165, 1.54) is 29.6 Å². The predicted octanol–water partition coefficient (Wildman–Crippen LogP) is 6.84. The minimum atomic E-state index is -5.28. The first kappa shape index (κ1) is 61.4. The van der Waals surface area contributed by atoms with Crippen LogP contribution in [0.15, 0.2) is 61.1 Å². The number of carbonyl (C=O) groups excluding carboxylic acids is 3. The number of nitrogens with zero attached hydrogens (tertiary/aromatic N) is 6. The van der Waals surface area contributed by atoms with Crippen molar-refractivity contribution in [2.45, 2.75) is 122 Å². The number of nitrogens with one attached hydrogen (secondary N) is 4. The second-order valence-corrected chi connectivity index (χ2v) is 21.3. The molecule has 0 saturated carbocycles. The molecule has 3 aliphatic rings. The highest BCUT2D eigenvalue weighted by Gasteiger charge is 2.57. The molecule has 81 heavy (non-hydrogen) atoms. The lowest BCUT2D eigenvalue weighted by Gasteiger charge is -2.48. The van der Waals surface area contributed by atoms with Crippen LogP contribution in [-0.2, 0) is 32.0 Å². The van der Waals surface area contributed by atoms with Crippen LogP contribution in [-0.4, -0.2) is 154 Å². The van der Waals surface area contributed by atoms with Crippen molar-refractivity contribution in [2.24, 2.45) is 10.8 Å². The van der Waals surface area contributed by atoms with Crippen LogP contribution in [0, 0.1) is 41.2 Å². The molecule has 0 radical (unpaired) electrons. The van der Waals surface area contributed by atoms with Crippen LogP contribution in [0.5, 0.6) is 0 Å². The molecule has 4 amide bonds. The summed E-state index contributed by atoms with van der Waals surface area (Å²) in [7, 11) is 0.813. The number of methoxy groups -OCH3 is 1. The Morgan fingerprint density at radius 2 is 1.40 bits per heavy atom. The number of carboxylic acid groups (broad SMARTS) is 1. The summed E-state index contributed by atoms with van der Waals surface area (Å²) in [5, 5.41) is 31.0. The summed E-state index contributed by atoms with van der Waals surface area (Å²) in [4.78, 5) is 61.8. The number of alkyl carbamates (subject to hydrolysis) is 1. The van der Waals surface area contributed by atoms with Gasteiger partial charge in [-0.25, -0.2) is 33.0 Å². The molecule has 18 nitrogen and oxygen atoms in total. The largest absolute Gasteiger partial charge is 0.465 e. The SMILES string of the molecule is COC(=O)NC(C(=O)NC(Cc1ccc(C#Cc2cnc(N3CC4CCC(C3)N4C3COC3)c(C)c2)cc1)C(O)CN(Cc1c(F)cc(-c2cnn(C(F)F)c2)cc1F)NC(=O)C(NC(=O)O)C(C)(C)C(F)(F)F)C(C)(C)C(F)(F)F.